The maximum atomic E-state index is 12.3. The molecule has 2 rings (SSSR count). The molecular formula is C23H33NO5. The average Bonchev–Trinajstić information content (AvgIpc) is 2.99. The number of carbonyl (C=O) groups is 2. The SMILES string of the molecule is CCCOc1ccc(/C=C/C(=O)O[C@H](C)C(=O)NC2CCCCCC2)cc1OC. The molecule has 0 radical (unpaired) electrons. The number of benzene rings is 1. The lowest BCUT2D eigenvalue weighted by Crippen LogP contribution is -2.41. The van der Waals surface area contributed by atoms with Crippen LogP contribution in [0.5, 0.6) is 11.5 Å². The Morgan fingerprint density at radius 3 is 2.55 bits per heavy atom. The molecule has 6 nitrogen and oxygen atoms in total. The molecule has 1 atom stereocenters. The Kier molecular flexibility index (Phi) is 9.54. The fourth-order valence-corrected chi connectivity index (χ4v) is 3.29. The first-order chi connectivity index (χ1) is 14.0. The van der Waals surface area contributed by atoms with E-state index in [2.05, 4.69) is 5.32 Å². The number of hydrogen-bond donors (Lipinski definition) is 1. The Morgan fingerprint density at radius 1 is 1.17 bits per heavy atom. The molecule has 0 spiro atoms. The summed E-state index contributed by atoms with van der Waals surface area (Å²) in [4.78, 5) is 24.4. The fourth-order valence-electron chi connectivity index (χ4n) is 3.29. The summed E-state index contributed by atoms with van der Waals surface area (Å²) in [7, 11) is 1.57. The van der Waals surface area contributed by atoms with Crippen molar-refractivity contribution in [3.05, 3.63) is 29.8 Å². The van der Waals surface area contributed by atoms with Crippen LogP contribution in [0.3, 0.4) is 0 Å². The van der Waals surface area contributed by atoms with Crippen LogP contribution in [-0.2, 0) is 14.3 Å². The van der Waals surface area contributed by atoms with E-state index in [1.807, 2.05) is 19.1 Å². The Labute approximate surface area is 173 Å². The van der Waals surface area contributed by atoms with Gasteiger partial charge < -0.3 is 19.5 Å². The molecule has 0 aliphatic heterocycles. The molecule has 1 aliphatic carbocycles. The topological polar surface area (TPSA) is 73.9 Å². The Balaban J connectivity index is 1.86. The number of esters is 1. The van der Waals surface area contributed by atoms with Gasteiger partial charge >= 0.3 is 5.97 Å². The van der Waals surface area contributed by atoms with Crippen LogP contribution in [0.2, 0.25) is 0 Å². The highest BCUT2D eigenvalue weighted by Crippen LogP contribution is 2.28. The molecule has 1 fully saturated rings. The van der Waals surface area contributed by atoms with Crippen molar-refractivity contribution in [3.63, 3.8) is 0 Å². The van der Waals surface area contributed by atoms with Crippen molar-refractivity contribution in [2.75, 3.05) is 13.7 Å². The van der Waals surface area contributed by atoms with Gasteiger partial charge in [0.1, 0.15) is 0 Å². The molecule has 0 bridgehead atoms. The zero-order chi connectivity index (χ0) is 21.1. The Morgan fingerprint density at radius 2 is 1.90 bits per heavy atom. The van der Waals surface area contributed by atoms with Crippen molar-refractivity contribution < 1.29 is 23.8 Å². The summed E-state index contributed by atoms with van der Waals surface area (Å²) in [5, 5.41) is 3.01. The van der Waals surface area contributed by atoms with Crippen LogP contribution in [0.25, 0.3) is 6.08 Å². The summed E-state index contributed by atoms with van der Waals surface area (Å²) in [5.41, 5.74) is 0.776. The second-order valence-electron chi connectivity index (χ2n) is 7.37. The van der Waals surface area contributed by atoms with Gasteiger partial charge in [0.15, 0.2) is 17.6 Å². The lowest BCUT2D eigenvalue weighted by Gasteiger charge is -2.19. The van der Waals surface area contributed by atoms with Crippen LogP contribution in [0, 0.1) is 0 Å². The summed E-state index contributed by atoms with van der Waals surface area (Å²) in [6, 6.07) is 5.61. The van der Waals surface area contributed by atoms with Crippen molar-refractivity contribution in [1.29, 1.82) is 0 Å². The van der Waals surface area contributed by atoms with Gasteiger partial charge in [0.25, 0.3) is 5.91 Å². The molecule has 1 N–H and O–H groups in total. The minimum Gasteiger partial charge on any atom is -0.493 e. The van der Waals surface area contributed by atoms with Gasteiger partial charge in [-0.3, -0.25) is 4.79 Å². The van der Waals surface area contributed by atoms with E-state index in [1.165, 1.54) is 18.9 Å². The summed E-state index contributed by atoms with van der Waals surface area (Å²) in [6.45, 7) is 4.24. The molecule has 0 heterocycles. The van der Waals surface area contributed by atoms with E-state index in [9.17, 15) is 9.59 Å². The number of ether oxygens (including phenoxy) is 3. The quantitative estimate of drug-likeness (QED) is 0.379. The fraction of sp³-hybridized carbons (Fsp3) is 0.565. The predicted molar refractivity (Wildman–Crippen MR) is 113 cm³/mol. The first-order valence-corrected chi connectivity index (χ1v) is 10.5. The molecular weight excluding hydrogens is 370 g/mol. The van der Waals surface area contributed by atoms with Crippen molar-refractivity contribution in [1.82, 2.24) is 5.32 Å². The smallest absolute Gasteiger partial charge is 0.331 e. The number of methoxy groups -OCH3 is 1. The van der Waals surface area contributed by atoms with E-state index in [0.717, 1.165) is 37.7 Å². The predicted octanol–water partition coefficient (Wildman–Crippen LogP) is 4.27. The van der Waals surface area contributed by atoms with Crippen molar-refractivity contribution in [2.45, 2.75) is 70.9 Å². The van der Waals surface area contributed by atoms with E-state index in [-0.39, 0.29) is 11.9 Å². The summed E-state index contributed by atoms with van der Waals surface area (Å²) >= 11 is 0. The van der Waals surface area contributed by atoms with Gasteiger partial charge in [0.05, 0.1) is 13.7 Å². The highest BCUT2D eigenvalue weighted by atomic mass is 16.5. The zero-order valence-electron chi connectivity index (χ0n) is 17.7. The third kappa shape index (κ3) is 7.80. The average molecular weight is 404 g/mol. The summed E-state index contributed by atoms with van der Waals surface area (Å²) in [5.74, 6) is 0.472. The minimum absolute atomic E-state index is 0.183. The maximum absolute atomic E-state index is 12.3. The first-order valence-electron chi connectivity index (χ1n) is 10.5. The van der Waals surface area contributed by atoms with Crippen LogP contribution in [0.15, 0.2) is 24.3 Å². The molecule has 6 heteroatoms. The van der Waals surface area contributed by atoms with E-state index >= 15 is 0 Å². The minimum atomic E-state index is -0.824. The lowest BCUT2D eigenvalue weighted by molar-refractivity contribution is -0.150. The molecule has 1 saturated carbocycles. The largest absolute Gasteiger partial charge is 0.493 e. The van der Waals surface area contributed by atoms with Gasteiger partial charge in [-0.2, -0.15) is 0 Å². The first kappa shape index (κ1) is 22.8. The lowest BCUT2D eigenvalue weighted by atomic mass is 10.1. The summed E-state index contributed by atoms with van der Waals surface area (Å²) in [6.07, 6.45) is 9.72. The monoisotopic (exact) mass is 403 g/mol. The highest BCUT2D eigenvalue weighted by Gasteiger charge is 2.21. The van der Waals surface area contributed by atoms with E-state index in [0.29, 0.717) is 18.1 Å². The standard InChI is InChI=1S/C23H33NO5/c1-4-15-28-20-13-11-18(16-21(20)27-3)12-14-22(25)29-17(2)23(26)24-19-9-7-5-6-8-10-19/h11-14,16-17,19H,4-10,15H2,1-3H3,(H,24,26)/b14-12+/t17-/m1/s1. The third-order valence-corrected chi connectivity index (χ3v) is 4.92. The van der Waals surface area contributed by atoms with Crippen LogP contribution in [0.1, 0.15) is 64.4 Å². The Bertz CT molecular complexity index is 693. The van der Waals surface area contributed by atoms with Gasteiger partial charge in [-0.25, -0.2) is 4.79 Å². The molecule has 29 heavy (non-hydrogen) atoms. The van der Waals surface area contributed by atoms with E-state index in [4.69, 9.17) is 14.2 Å². The highest BCUT2D eigenvalue weighted by molar-refractivity contribution is 5.90. The van der Waals surface area contributed by atoms with Gasteiger partial charge in [-0.1, -0.05) is 38.7 Å². The summed E-state index contributed by atoms with van der Waals surface area (Å²) < 4.78 is 16.2. The van der Waals surface area contributed by atoms with Crippen LogP contribution in [-0.4, -0.2) is 37.7 Å². The molecule has 0 unspecified atom stereocenters. The normalized spacial score (nSPS) is 16.1. The van der Waals surface area contributed by atoms with Gasteiger partial charge in [-0.05, 0) is 50.0 Å². The zero-order valence-corrected chi connectivity index (χ0v) is 17.7. The molecule has 1 amide bonds. The van der Waals surface area contributed by atoms with E-state index in [1.54, 1.807) is 26.2 Å². The molecule has 0 saturated heterocycles. The Hall–Kier alpha value is -2.50. The van der Waals surface area contributed by atoms with Crippen molar-refractivity contribution >= 4 is 18.0 Å². The van der Waals surface area contributed by atoms with Crippen LogP contribution in [0.4, 0.5) is 0 Å². The second-order valence-corrected chi connectivity index (χ2v) is 7.37. The van der Waals surface area contributed by atoms with Crippen LogP contribution < -0.4 is 14.8 Å². The number of rotatable bonds is 9. The molecule has 1 aromatic carbocycles. The number of nitrogens with one attached hydrogen (secondary N) is 1. The third-order valence-electron chi connectivity index (χ3n) is 4.92. The van der Waals surface area contributed by atoms with Crippen molar-refractivity contribution in [2.24, 2.45) is 0 Å². The van der Waals surface area contributed by atoms with Gasteiger partial charge in [0.2, 0.25) is 0 Å². The molecule has 1 aromatic rings. The number of hydrogen-bond acceptors (Lipinski definition) is 5. The molecule has 0 aromatic heterocycles. The maximum Gasteiger partial charge on any atom is 0.331 e. The van der Waals surface area contributed by atoms with Gasteiger partial charge in [0, 0.05) is 12.1 Å². The number of carbonyl (C=O) groups excluding carboxylic acids is 2. The molecule has 160 valence electrons. The second kappa shape index (κ2) is 12.1. The van der Waals surface area contributed by atoms with Crippen LogP contribution >= 0.6 is 0 Å². The number of amides is 1. The van der Waals surface area contributed by atoms with Crippen molar-refractivity contribution in [3.8, 4) is 11.5 Å². The van der Waals surface area contributed by atoms with Gasteiger partial charge in [-0.15, -0.1) is 0 Å². The molecule has 1 aliphatic rings. The van der Waals surface area contributed by atoms with E-state index < -0.39 is 12.1 Å².